The van der Waals surface area contributed by atoms with Crippen molar-refractivity contribution in [2.45, 2.75) is 23.8 Å². The highest BCUT2D eigenvalue weighted by molar-refractivity contribution is 7.89. The van der Waals surface area contributed by atoms with Crippen molar-refractivity contribution in [1.29, 1.82) is 0 Å². The average molecular weight is 323 g/mol. The van der Waals surface area contributed by atoms with Gasteiger partial charge in [-0.1, -0.05) is 0 Å². The van der Waals surface area contributed by atoms with E-state index in [9.17, 15) is 22.0 Å². The van der Waals surface area contributed by atoms with Crippen LogP contribution in [0.1, 0.15) is 12.8 Å². The Morgan fingerprint density at radius 3 is 2.67 bits per heavy atom. The van der Waals surface area contributed by atoms with Crippen LogP contribution in [0, 0.1) is 11.6 Å². The summed E-state index contributed by atoms with van der Waals surface area (Å²) in [6.07, 6.45) is 0.251. The molecule has 0 bridgehead atoms. The molecule has 2 N–H and O–H groups in total. The third-order valence-corrected chi connectivity index (χ3v) is 4.11. The summed E-state index contributed by atoms with van der Waals surface area (Å²) in [5, 5.41) is 8.97. The largest absolute Gasteiger partial charge is 0.480 e. The molecule has 0 saturated carbocycles. The number of nitrogens with one attached hydrogen (secondary N) is 1. The van der Waals surface area contributed by atoms with E-state index in [1.807, 2.05) is 4.72 Å². The molecule has 9 heteroatoms. The Labute approximate surface area is 120 Å². The van der Waals surface area contributed by atoms with E-state index >= 15 is 0 Å². The molecule has 6 nitrogen and oxygen atoms in total. The van der Waals surface area contributed by atoms with Gasteiger partial charge in [0.15, 0.2) is 0 Å². The third-order valence-electron chi connectivity index (χ3n) is 2.62. The molecule has 0 heterocycles. The molecule has 0 aliphatic heterocycles. The fourth-order valence-electron chi connectivity index (χ4n) is 1.60. The number of benzene rings is 1. The van der Waals surface area contributed by atoms with Crippen molar-refractivity contribution >= 4 is 16.0 Å². The number of hydrogen-bond acceptors (Lipinski definition) is 4. The topological polar surface area (TPSA) is 92.7 Å². The van der Waals surface area contributed by atoms with Crippen molar-refractivity contribution in [3.8, 4) is 0 Å². The number of halogens is 2. The Balaban J connectivity index is 2.95. The van der Waals surface area contributed by atoms with E-state index in [1.54, 1.807) is 0 Å². The van der Waals surface area contributed by atoms with Crippen molar-refractivity contribution in [1.82, 2.24) is 4.72 Å². The lowest BCUT2D eigenvalue weighted by Crippen LogP contribution is -2.41. The van der Waals surface area contributed by atoms with E-state index in [-0.39, 0.29) is 13.0 Å². The van der Waals surface area contributed by atoms with Gasteiger partial charge >= 0.3 is 5.97 Å². The number of methoxy groups -OCH3 is 1. The molecule has 0 aliphatic carbocycles. The lowest BCUT2D eigenvalue weighted by atomic mass is 10.2. The maximum absolute atomic E-state index is 13.5. The molecule has 1 aromatic rings. The second kappa shape index (κ2) is 7.43. The summed E-state index contributed by atoms with van der Waals surface area (Å²) in [4.78, 5) is 10.1. The number of carboxylic acids is 1. The van der Waals surface area contributed by atoms with Crippen LogP contribution in [0.5, 0.6) is 0 Å². The van der Waals surface area contributed by atoms with Crippen LogP contribution in [0.15, 0.2) is 23.1 Å². The molecule has 0 spiro atoms. The molecule has 0 aliphatic rings. The van der Waals surface area contributed by atoms with Gasteiger partial charge < -0.3 is 9.84 Å². The quantitative estimate of drug-likeness (QED) is 0.700. The van der Waals surface area contributed by atoms with Gasteiger partial charge in [-0.3, -0.25) is 4.79 Å². The molecule has 21 heavy (non-hydrogen) atoms. The van der Waals surface area contributed by atoms with Crippen molar-refractivity contribution < 1.29 is 31.8 Å². The number of carbonyl (C=O) groups is 1. The number of ether oxygens (including phenoxy) is 1. The van der Waals surface area contributed by atoms with Gasteiger partial charge in [0.05, 0.1) is 0 Å². The highest BCUT2D eigenvalue weighted by Crippen LogP contribution is 2.16. The first kappa shape index (κ1) is 17.5. The lowest BCUT2D eigenvalue weighted by Gasteiger charge is -2.15. The molecule has 118 valence electrons. The predicted octanol–water partition coefficient (Wildman–Crippen LogP) is 1.12. The van der Waals surface area contributed by atoms with E-state index in [4.69, 9.17) is 9.84 Å². The summed E-state index contributed by atoms with van der Waals surface area (Å²) in [6.45, 7) is 0.250. The zero-order valence-electron chi connectivity index (χ0n) is 11.2. The van der Waals surface area contributed by atoms with E-state index in [0.717, 1.165) is 6.07 Å². The molecular formula is C12H15F2NO5S. The normalized spacial score (nSPS) is 13.1. The highest BCUT2D eigenvalue weighted by Gasteiger charge is 2.27. The van der Waals surface area contributed by atoms with Crippen LogP contribution in [0.3, 0.4) is 0 Å². The Kier molecular flexibility index (Phi) is 6.19. The van der Waals surface area contributed by atoms with Gasteiger partial charge in [-0.25, -0.2) is 17.2 Å². The van der Waals surface area contributed by atoms with Gasteiger partial charge in [0.2, 0.25) is 10.0 Å². The molecule has 1 rings (SSSR count). The summed E-state index contributed by atoms with van der Waals surface area (Å²) in [5.41, 5.74) is 0. The van der Waals surface area contributed by atoms with E-state index in [1.165, 1.54) is 7.11 Å². The first-order chi connectivity index (χ1) is 9.77. The summed E-state index contributed by atoms with van der Waals surface area (Å²) >= 11 is 0. The van der Waals surface area contributed by atoms with Gasteiger partial charge in [-0.15, -0.1) is 0 Å². The van der Waals surface area contributed by atoms with Gasteiger partial charge in [-0.05, 0) is 31.0 Å². The maximum Gasteiger partial charge on any atom is 0.321 e. The van der Waals surface area contributed by atoms with Crippen LogP contribution >= 0.6 is 0 Å². The SMILES string of the molecule is COCCCC(NS(=O)(=O)c1cc(F)ccc1F)C(=O)O. The Morgan fingerprint density at radius 1 is 1.43 bits per heavy atom. The predicted molar refractivity (Wildman–Crippen MR) is 69.2 cm³/mol. The summed E-state index contributed by atoms with van der Waals surface area (Å²) in [7, 11) is -3.06. The molecule has 1 atom stereocenters. The van der Waals surface area contributed by atoms with Gasteiger partial charge in [-0.2, -0.15) is 4.72 Å². The number of carboxylic acid groups (broad SMARTS) is 1. The molecule has 0 fully saturated rings. The number of sulfonamides is 1. The lowest BCUT2D eigenvalue weighted by molar-refractivity contribution is -0.139. The van der Waals surface area contributed by atoms with Crippen LogP contribution in [-0.4, -0.2) is 39.3 Å². The standard InChI is InChI=1S/C12H15F2NO5S/c1-20-6-2-3-10(12(16)17)15-21(18,19)11-7-8(13)4-5-9(11)14/h4-5,7,10,15H,2-3,6H2,1H3,(H,16,17). The average Bonchev–Trinajstić information content (AvgIpc) is 2.40. The molecular weight excluding hydrogens is 308 g/mol. The Morgan fingerprint density at radius 2 is 2.10 bits per heavy atom. The molecule has 0 aromatic heterocycles. The number of aliphatic carboxylic acids is 1. The van der Waals surface area contributed by atoms with Crippen molar-refractivity contribution in [2.24, 2.45) is 0 Å². The zero-order chi connectivity index (χ0) is 16.0. The second-order valence-corrected chi connectivity index (χ2v) is 5.90. The summed E-state index contributed by atoms with van der Waals surface area (Å²) < 4.78 is 57.0. The van der Waals surface area contributed by atoms with Crippen LogP contribution in [0.25, 0.3) is 0 Å². The molecule has 0 radical (unpaired) electrons. The van der Waals surface area contributed by atoms with E-state index < -0.39 is 38.6 Å². The zero-order valence-corrected chi connectivity index (χ0v) is 12.0. The fourth-order valence-corrected chi connectivity index (χ4v) is 2.91. The van der Waals surface area contributed by atoms with Crippen LogP contribution in [0.4, 0.5) is 8.78 Å². The minimum absolute atomic E-state index is 0.0423. The van der Waals surface area contributed by atoms with E-state index in [2.05, 4.69) is 0 Å². The minimum Gasteiger partial charge on any atom is -0.480 e. The molecule has 1 aromatic carbocycles. The smallest absolute Gasteiger partial charge is 0.321 e. The molecule has 1 unspecified atom stereocenters. The first-order valence-electron chi connectivity index (χ1n) is 5.97. The first-order valence-corrected chi connectivity index (χ1v) is 7.45. The number of hydrogen-bond donors (Lipinski definition) is 2. The highest BCUT2D eigenvalue weighted by atomic mass is 32.2. The van der Waals surface area contributed by atoms with Crippen LogP contribution < -0.4 is 4.72 Å². The van der Waals surface area contributed by atoms with Crippen LogP contribution in [0.2, 0.25) is 0 Å². The van der Waals surface area contributed by atoms with Crippen molar-refractivity contribution in [3.63, 3.8) is 0 Å². The second-order valence-electron chi connectivity index (χ2n) is 4.22. The van der Waals surface area contributed by atoms with Gasteiger partial charge in [0.1, 0.15) is 22.6 Å². The molecule has 0 amide bonds. The number of rotatable bonds is 8. The summed E-state index contributed by atoms with van der Waals surface area (Å²) in [5.74, 6) is -3.51. The van der Waals surface area contributed by atoms with E-state index in [0.29, 0.717) is 18.6 Å². The fraction of sp³-hybridized carbons (Fsp3) is 0.417. The monoisotopic (exact) mass is 323 g/mol. The summed E-state index contributed by atoms with van der Waals surface area (Å²) in [6, 6.07) is 0.464. The Bertz CT molecular complexity index is 606. The van der Waals surface area contributed by atoms with Crippen LogP contribution in [-0.2, 0) is 19.6 Å². The van der Waals surface area contributed by atoms with Crippen molar-refractivity contribution in [3.05, 3.63) is 29.8 Å². The maximum atomic E-state index is 13.5. The van der Waals surface area contributed by atoms with Gasteiger partial charge in [0, 0.05) is 13.7 Å². The molecule has 0 saturated heterocycles. The van der Waals surface area contributed by atoms with Gasteiger partial charge in [0.25, 0.3) is 0 Å². The minimum atomic E-state index is -4.48. The Hall–Kier alpha value is -1.58. The van der Waals surface area contributed by atoms with Crippen molar-refractivity contribution in [2.75, 3.05) is 13.7 Å². The third kappa shape index (κ3) is 5.03.